The van der Waals surface area contributed by atoms with E-state index in [1.165, 1.54) is 12.1 Å². The van der Waals surface area contributed by atoms with Crippen LogP contribution >= 0.6 is 0 Å². The zero-order valence-corrected chi connectivity index (χ0v) is 15.9. The minimum atomic E-state index is -3.38. The van der Waals surface area contributed by atoms with E-state index in [4.69, 9.17) is 5.73 Å². The Morgan fingerprint density at radius 3 is 2.19 bits per heavy atom. The van der Waals surface area contributed by atoms with E-state index in [9.17, 15) is 49.8 Å². The lowest BCUT2D eigenvalue weighted by Crippen LogP contribution is -2.70. The molecule has 1 fully saturated rings. The highest BCUT2D eigenvalue weighted by atomic mass is 16.3. The van der Waals surface area contributed by atoms with Crippen molar-refractivity contribution < 1.29 is 49.8 Å². The Labute approximate surface area is 173 Å². The van der Waals surface area contributed by atoms with Gasteiger partial charge in [0.2, 0.25) is 23.0 Å². The summed E-state index contributed by atoms with van der Waals surface area (Å²) in [7, 11) is 0. The minimum Gasteiger partial charge on any atom is -0.507 e. The Morgan fingerprint density at radius 1 is 1.00 bits per heavy atom. The Balaban J connectivity index is 2.07. The molecule has 0 radical (unpaired) electrons. The second-order valence-corrected chi connectivity index (χ2v) is 7.93. The first-order valence-corrected chi connectivity index (χ1v) is 9.05. The maximum absolute atomic E-state index is 13.3. The van der Waals surface area contributed by atoms with E-state index in [0.717, 1.165) is 13.0 Å². The number of aliphatic hydroxyl groups is 5. The molecule has 3 aliphatic rings. The zero-order valence-electron chi connectivity index (χ0n) is 15.9. The van der Waals surface area contributed by atoms with Gasteiger partial charge in [0, 0.05) is 0 Å². The third-order valence-electron chi connectivity index (χ3n) is 6.29. The largest absolute Gasteiger partial charge is 0.507 e. The molecule has 5 atom stereocenters. The van der Waals surface area contributed by atoms with Gasteiger partial charge >= 0.3 is 0 Å². The number of phenols is 1. The number of amides is 1. The first kappa shape index (κ1) is 20.7. The number of carbonyl (C=O) groups is 4. The molecule has 0 aliphatic heterocycles. The summed E-state index contributed by atoms with van der Waals surface area (Å²) in [6.45, 7) is 1.14. The van der Waals surface area contributed by atoms with Gasteiger partial charge in [-0.2, -0.15) is 0 Å². The highest BCUT2D eigenvalue weighted by Crippen LogP contribution is 2.55. The molecule has 11 nitrogen and oxygen atoms in total. The van der Waals surface area contributed by atoms with E-state index in [1.54, 1.807) is 0 Å². The van der Waals surface area contributed by atoms with Crippen LogP contribution in [0, 0.1) is 11.8 Å². The van der Waals surface area contributed by atoms with Gasteiger partial charge in [-0.15, -0.1) is 0 Å². The molecule has 0 unspecified atom stereocenters. The SMILES string of the molecule is C[C@@]1(O)c2cccc(O)c2C(O)=C2C(=O)[C@]3(O)C(=O)C(C(N)=O)=C(O)C(=O)[C@@H]3[C@@H](O)[C@@H]21. The summed E-state index contributed by atoms with van der Waals surface area (Å²) < 4.78 is 0. The van der Waals surface area contributed by atoms with Crippen LogP contribution in [-0.4, -0.2) is 65.6 Å². The molecule has 1 aromatic carbocycles. The molecule has 3 aliphatic carbocycles. The monoisotopic (exact) mass is 431 g/mol. The number of fused-ring (bicyclic) bond motifs is 3. The van der Waals surface area contributed by atoms with Gasteiger partial charge in [0.05, 0.1) is 34.7 Å². The second kappa shape index (κ2) is 6.00. The van der Waals surface area contributed by atoms with Gasteiger partial charge in [-0.25, -0.2) is 0 Å². The summed E-state index contributed by atoms with van der Waals surface area (Å²) in [5, 5.41) is 64.1. The number of rotatable bonds is 1. The first-order valence-electron chi connectivity index (χ1n) is 9.05. The Morgan fingerprint density at radius 2 is 1.61 bits per heavy atom. The molecule has 0 spiro atoms. The van der Waals surface area contributed by atoms with Crippen molar-refractivity contribution in [1.29, 1.82) is 0 Å². The normalized spacial score (nSPS) is 35.0. The Kier molecular flexibility index (Phi) is 4.01. The first-order chi connectivity index (χ1) is 14.3. The molecule has 1 amide bonds. The van der Waals surface area contributed by atoms with E-state index in [0.29, 0.717) is 0 Å². The quantitative estimate of drug-likeness (QED) is 0.196. The van der Waals surface area contributed by atoms with Crippen molar-refractivity contribution in [1.82, 2.24) is 0 Å². The van der Waals surface area contributed by atoms with Crippen molar-refractivity contribution in [2.75, 3.05) is 0 Å². The van der Waals surface area contributed by atoms with Gasteiger partial charge in [0.25, 0.3) is 5.91 Å². The number of primary amides is 1. The van der Waals surface area contributed by atoms with Crippen LogP contribution in [-0.2, 0) is 24.8 Å². The predicted molar refractivity (Wildman–Crippen MR) is 99.0 cm³/mol. The molecule has 1 aromatic rings. The third-order valence-corrected chi connectivity index (χ3v) is 6.29. The van der Waals surface area contributed by atoms with Crippen LogP contribution in [0.1, 0.15) is 18.1 Å². The second-order valence-electron chi connectivity index (χ2n) is 7.93. The molecule has 0 bridgehead atoms. The van der Waals surface area contributed by atoms with E-state index in [1.807, 2.05) is 0 Å². The fraction of sp³-hybridized carbons (Fsp3) is 0.300. The van der Waals surface area contributed by atoms with Crippen LogP contribution in [0.3, 0.4) is 0 Å². The molecule has 0 saturated heterocycles. The number of Topliss-reactive ketones (excluding diaryl/α,β-unsaturated/α-hetero) is 3. The number of aromatic hydroxyl groups is 1. The number of ketones is 3. The standard InChI is InChI=1S/C20H17NO10/c1-19(30)5-3-2-4-6(22)7(5)12(23)8-10(19)14(25)11-15(26)13(24)9(18(21)29)17(28)20(11,31)16(8)27/h2-4,10-11,14,22-25,30-31H,1H3,(H2,21,29)/t10-,11+,14+,19-,20+/m1/s1. The van der Waals surface area contributed by atoms with Gasteiger partial charge in [-0.1, -0.05) is 12.1 Å². The van der Waals surface area contributed by atoms with E-state index in [-0.39, 0.29) is 11.1 Å². The van der Waals surface area contributed by atoms with Crippen molar-refractivity contribution in [3.63, 3.8) is 0 Å². The zero-order chi connectivity index (χ0) is 23.2. The number of aliphatic hydroxyl groups excluding tert-OH is 3. The summed E-state index contributed by atoms with van der Waals surface area (Å²) in [5.41, 5.74) is -3.16. The fourth-order valence-corrected chi connectivity index (χ4v) is 4.87. The van der Waals surface area contributed by atoms with E-state index >= 15 is 0 Å². The van der Waals surface area contributed by atoms with Gasteiger partial charge in [0.1, 0.15) is 17.1 Å². The summed E-state index contributed by atoms with van der Waals surface area (Å²) >= 11 is 0. The van der Waals surface area contributed by atoms with Crippen LogP contribution in [0.5, 0.6) is 5.75 Å². The Hall–Kier alpha value is -3.54. The van der Waals surface area contributed by atoms with Crippen LogP contribution in [0.2, 0.25) is 0 Å². The summed E-state index contributed by atoms with van der Waals surface area (Å²) in [6, 6.07) is 3.78. The molecule has 8 N–H and O–H groups in total. The molecular formula is C20H17NO10. The van der Waals surface area contributed by atoms with Crippen LogP contribution in [0.15, 0.2) is 35.1 Å². The third kappa shape index (κ3) is 2.22. The van der Waals surface area contributed by atoms with Gasteiger partial charge < -0.3 is 36.4 Å². The maximum Gasteiger partial charge on any atom is 0.256 e. The van der Waals surface area contributed by atoms with Crippen molar-refractivity contribution in [2.45, 2.75) is 24.2 Å². The summed E-state index contributed by atoms with van der Waals surface area (Å²) in [4.78, 5) is 50.4. The summed E-state index contributed by atoms with van der Waals surface area (Å²) in [5.74, 6) is -13.3. The molecule has 4 rings (SSSR count). The van der Waals surface area contributed by atoms with Gasteiger partial charge in [-0.05, 0) is 18.6 Å². The lowest BCUT2D eigenvalue weighted by molar-refractivity contribution is -0.181. The molecule has 0 heterocycles. The van der Waals surface area contributed by atoms with E-state index in [2.05, 4.69) is 0 Å². The Bertz CT molecular complexity index is 1180. The molecule has 162 valence electrons. The number of hydrogen-bond acceptors (Lipinski definition) is 10. The van der Waals surface area contributed by atoms with E-state index < -0.39 is 80.8 Å². The lowest BCUT2D eigenvalue weighted by Gasteiger charge is -2.51. The molecule has 1 saturated carbocycles. The topological polar surface area (TPSA) is 216 Å². The highest BCUT2D eigenvalue weighted by Gasteiger charge is 2.70. The number of benzene rings is 1. The molecule has 31 heavy (non-hydrogen) atoms. The highest BCUT2D eigenvalue weighted by molar-refractivity contribution is 6.37. The number of phenolic OH excluding ortho intramolecular Hbond substituents is 1. The maximum atomic E-state index is 13.3. The number of nitrogens with two attached hydrogens (primary N) is 1. The van der Waals surface area contributed by atoms with Gasteiger partial charge in [0.15, 0.2) is 5.76 Å². The minimum absolute atomic E-state index is 0.0942. The van der Waals surface area contributed by atoms with Crippen molar-refractivity contribution in [2.24, 2.45) is 17.6 Å². The predicted octanol–water partition coefficient (Wildman–Crippen LogP) is -1.76. The van der Waals surface area contributed by atoms with Crippen LogP contribution < -0.4 is 5.73 Å². The molecule has 0 aromatic heterocycles. The van der Waals surface area contributed by atoms with Crippen molar-refractivity contribution in [3.05, 3.63) is 46.2 Å². The fourth-order valence-electron chi connectivity index (χ4n) is 4.87. The average molecular weight is 431 g/mol. The number of hydrogen-bond donors (Lipinski definition) is 7. The van der Waals surface area contributed by atoms with Gasteiger partial charge in [-0.3, -0.25) is 19.2 Å². The summed E-state index contributed by atoms with van der Waals surface area (Å²) in [6.07, 6.45) is -2.17. The van der Waals surface area contributed by atoms with Crippen molar-refractivity contribution >= 4 is 29.0 Å². The lowest BCUT2D eigenvalue weighted by atomic mass is 9.54. The number of carbonyl (C=O) groups excluding carboxylic acids is 4. The smallest absolute Gasteiger partial charge is 0.256 e. The average Bonchev–Trinajstić information content (AvgIpc) is 2.67. The van der Waals surface area contributed by atoms with Crippen LogP contribution in [0.4, 0.5) is 0 Å². The van der Waals surface area contributed by atoms with Crippen LogP contribution in [0.25, 0.3) is 5.76 Å². The van der Waals surface area contributed by atoms with Crippen molar-refractivity contribution in [3.8, 4) is 5.75 Å². The molecule has 11 heteroatoms. The number of allylic oxidation sites excluding steroid dienone is 1. The molecular weight excluding hydrogens is 414 g/mol.